The Hall–Kier alpha value is -3.21. The van der Waals surface area contributed by atoms with E-state index in [1.54, 1.807) is 18.2 Å². The number of nitrogens with one attached hydrogen (secondary N) is 1. The maximum Gasteiger partial charge on any atom is 0.267 e. The zero-order valence-electron chi connectivity index (χ0n) is 14.8. The highest BCUT2D eigenvalue weighted by atomic mass is 16.5. The van der Waals surface area contributed by atoms with Gasteiger partial charge in [0.2, 0.25) is 5.91 Å². The number of primary amides is 1. The lowest BCUT2D eigenvalue weighted by Gasteiger charge is -2.29. The predicted molar refractivity (Wildman–Crippen MR) is 95.4 cm³/mol. The van der Waals surface area contributed by atoms with Crippen molar-refractivity contribution in [3.63, 3.8) is 0 Å². The maximum atomic E-state index is 12.5. The molecule has 0 saturated carbocycles. The SMILES string of the molecule is COc1ccc(OC)c(NC(=O)/C(C#N)=C\N2CCC(C(N)=O)CC2)c1. The number of likely N-dealkylation sites (tertiary alicyclic amines) is 1. The zero-order chi connectivity index (χ0) is 19.1. The molecule has 0 aromatic heterocycles. The number of rotatable bonds is 6. The lowest BCUT2D eigenvalue weighted by Crippen LogP contribution is -2.36. The van der Waals surface area contributed by atoms with Crippen molar-refractivity contribution in [1.82, 2.24) is 4.90 Å². The summed E-state index contributed by atoms with van der Waals surface area (Å²) >= 11 is 0. The van der Waals surface area contributed by atoms with E-state index in [4.69, 9.17) is 15.2 Å². The number of hydrogen-bond acceptors (Lipinski definition) is 6. The molecule has 0 unspecified atom stereocenters. The second-order valence-corrected chi connectivity index (χ2v) is 5.89. The van der Waals surface area contributed by atoms with Gasteiger partial charge in [0.25, 0.3) is 5.91 Å². The van der Waals surface area contributed by atoms with E-state index in [0.29, 0.717) is 43.1 Å². The second-order valence-electron chi connectivity index (χ2n) is 5.89. The molecule has 0 bridgehead atoms. The highest BCUT2D eigenvalue weighted by molar-refractivity contribution is 6.07. The highest BCUT2D eigenvalue weighted by Gasteiger charge is 2.23. The molecule has 1 saturated heterocycles. The monoisotopic (exact) mass is 358 g/mol. The smallest absolute Gasteiger partial charge is 0.267 e. The summed E-state index contributed by atoms with van der Waals surface area (Å²) in [6.07, 6.45) is 2.73. The molecule has 1 heterocycles. The molecule has 1 fully saturated rings. The third-order valence-corrected chi connectivity index (χ3v) is 4.26. The molecule has 1 aliphatic rings. The van der Waals surface area contributed by atoms with Gasteiger partial charge in [-0.1, -0.05) is 0 Å². The van der Waals surface area contributed by atoms with E-state index in [1.165, 1.54) is 20.4 Å². The van der Waals surface area contributed by atoms with Crippen LogP contribution < -0.4 is 20.5 Å². The summed E-state index contributed by atoms with van der Waals surface area (Å²) < 4.78 is 10.4. The van der Waals surface area contributed by atoms with Crippen LogP contribution in [0.4, 0.5) is 5.69 Å². The van der Waals surface area contributed by atoms with Crippen molar-refractivity contribution in [2.75, 3.05) is 32.6 Å². The van der Waals surface area contributed by atoms with Crippen molar-refractivity contribution >= 4 is 17.5 Å². The fourth-order valence-electron chi connectivity index (χ4n) is 2.74. The van der Waals surface area contributed by atoms with Crippen LogP contribution in [0.1, 0.15) is 12.8 Å². The average Bonchev–Trinajstić information content (AvgIpc) is 2.66. The van der Waals surface area contributed by atoms with Gasteiger partial charge in [-0.05, 0) is 25.0 Å². The first-order valence-electron chi connectivity index (χ1n) is 8.17. The molecule has 0 spiro atoms. The van der Waals surface area contributed by atoms with E-state index >= 15 is 0 Å². The molecule has 0 radical (unpaired) electrons. The Labute approximate surface area is 152 Å². The number of nitriles is 1. The molecule has 2 amide bonds. The summed E-state index contributed by atoms with van der Waals surface area (Å²) in [6.45, 7) is 1.13. The number of carbonyl (C=O) groups excluding carboxylic acids is 2. The minimum atomic E-state index is -0.545. The van der Waals surface area contributed by atoms with Gasteiger partial charge in [0.1, 0.15) is 23.1 Å². The number of benzene rings is 1. The standard InChI is InChI=1S/C18H22N4O4/c1-25-14-3-4-16(26-2)15(9-14)21-18(24)13(10-19)11-22-7-5-12(6-8-22)17(20)23/h3-4,9,11-12H,5-8H2,1-2H3,(H2,20,23)(H,21,24)/b13-11-. The van der Waals surface area contributed by atoms with Gasteiger partial charge < -0.3 is 25.4 Å². The summed E-state index contributed by atoms with van der Waals surface area (Å²) in [7, 11) is 3.01. The Morgan fingerprint density at radius 3 is 2.54 bits per heavy atom. The molecule has 8 nitrogen and oxygen atoms in total. The number of carbonyl (C=O) groups is 2. The van der Waals surface area contributed by atoms with Crippen molar-refractivity contribution in [2.24, 2.45) is 11.7 Å². The Kier molecular flexibility index (Phi) is 6.44. The summed E-state index contributed by atoms with van der Waals surface area (Å²) in [5.74, 6) is 0.00366. The van der Waals surface area contributed by atoms with Crippen LogP contribution in [-0.4, -0.2) is 44.0 Å². The second kappa shape index (κ2) is 8.76. The van der Waals surface area contributed by atoms with Crippen molar-refractivity contribution in [1.29, 1.82) is 5.26 Å². The first-order chi connectivity index (χ1) is 12.5. The Morgan fingerprint density at radius 2 is 2.00 bits per heavy atom. The summed E-state index contributed by atoms with van der Waals surface area (Å²) in [5.41, 5.74) is 5.69. The first-order valence-corrected chi connectivity index (χ1v) is 8.17. The maximum absolute atomic E-state index is 12.5. The van der Waals surface area contributed by atoms with E-state index in [1.807, 2.05) is 11.0 Å². The lowest BCUT2D eigenvalue weighted by molar-refractivity contribution is -0.123. The summed E-state index contributed by atoms with van der Waals surface area (Å²) in [4.78, 5) is 25.5. The quantitative estimate of drug-likeness (QED) is 0.584. The van der Waals surface area contributed by atoms with E-state index in [9.17, 15) is 14.9 Å². The van der Waals surface area contributed by atoms with Crippen LogP contribution in [0.3, 0.4) is 0 Å². The van der Waals surface area contributed by atoms with Crippen molar-refractivity contribution in [2.45, 2.75) is 12.8 Å². The number of amides is 2. The molecule has 3 N–H and O–H groups in total. The van der Waals surface area contributed by atoms with Gasteiger partial charge in [0, 0.05) is 31.3 Å². The van der Waals surface area contributed by atoms with Gasteiger partial charge in [0.05, 0.1) is 19.9 Å². The van der Waals surface area contributed by atoms with Gasteiger partial charge in [0.15, 0.2) is 0 Å². The van der Waals surface area contributed by atoms with Gasteiger partial charge in [-0.2, -0.15) is 5.26 Å². The van der Waals surface area contributed by atoms with E-state index in [-0.39, 0.29) is 17.4 Å². The first kappa shape index (κ1) is 19.1. The molecule has 2 rings (SSSR count). The minimum Gasteiger partial charge on any atom is -0.497 e. The van der Waals surface area contributed by atoms with Gasteiger partial charge >= 0.3 is 0 Å². The van der Waals surface area contributed by atoms with Crippen molar-refractivity contribution in [3.05, 3.63) is 30.0 Å². The normalized spacial score (nSPS) is 15.1. The van der Waals surface area contributed by atoms with Crippen LogP contribution in [0.5, 0.6) is 11.5 Å². The van der Waals surface area contributed by atoms with Crippen LogP contribution in [0.15, 0.2) is 30.0 Å². The number of hydrogen-bond donors (Lipinski definition) is 2. The third kappa shape index (κ3) is 4.66. The Morgan fingerprint density at radius 1 is 1.31 bits per heavy atom. The van der Waals surface area contributed by atoms with Gasteiger partial charge in [-0.3, -0.25) is 9.59 Å². The highest BCUT2D eigenvalue weighted by Crippen LogP contribution is 2.29. The molecule has 26 heavy (non-hydrogen) atoms. The Balaban J connectivity index is 2.10. The molecular weight excluding hydrogens is 336 g/mol. The van der Waals surface area contributed by atoms with Gasteiger partial charge in [-0.15, -0.1) is 0 Å². The van der Waals surface area contributed by atoms with Crippen LogP contribution in [-0.2, 0) is 9.59 Å². The third-order valence-electron chi connectivity index (χ3n) is 4.26. The average molecular weight is 358 g/mol. The molecule has 138 valence electrons. The van der Waals surface area contributed by atoms with E-state index in [0.717, 1.165) is 0 Å². The Bertz CT molecular complexity index is 746. The molecule has 0 atom stereocenters. The lowest BCUT2D eigenvalue weighted by atomic mass is 9.96. The summed E-state index contributed by atoms with van der Waals surface area (Å²) in [5, 5.41) is 12.0. The molecular formula is C18H22N4O4. The number of anilines is 1. The molecule has 1 aromatic rings. The number of methoxy groups -OCH3 is 2. The van der Waals surface area contributed by atoms with E-state index in [2.05, 4.69) is 5.32 Å². The molecule has 1 aliphatic heterocycles. The fraction of sp³-hybridized carbons (Fsp3) is 0.389. The fourth-order valence-corrected chi connectivity index (χ4v) is 2.74. The minimum absolute atomic E-state index is 0.0348. The van der Waals surface area contributed by atoms with Crippen LogP contribution >= 0.6 is 0 Å². The number of nitrogens with two attached hydrogens (primary N) is 1. The van der Waals surface area contributed by atoms with Crippen molar-refractivity contribution < 1.29 is 19.1 Å². The molecule has 0 aliphatic carbocycles. The molecule has 1 aromatic carbocycles. The summed E-state index contributed by atoms with van der Waals surface area (Å²) in [6, 6.07) is 6.90. The van der Waals surface area contributed by atoms with Gasteiger partial charge in [-0.25, -0.2) is 0 Å². The van der Waals surface area contributed by atoms with Crippen LogP contribution in [0, 0.1) is 17.2 Å². The predicted octanol–water partition coefficient (Wildman–Crippen LogP) is 1.25. The topological polar surface area (TPSA) is 118 Å². The molecule has 8 heteroatoms. The number of nitrogens with zero attached hydrogens (tertiary/aromatic N) is 2. The van der Waals surface area contributed by atoms with Crippen LogP contribution in [0.2, 0.25) is 0 Å². The largest absolute Gasteiger partial charge is 0.497 e. The van der Waals surface area contributed by atoms with E-state index < -0.39 is 5.91 Å². The van der Waals surface area contributed by atoms with Crippen molar-refractivity contribution in [3.8, 4) is 17.6 Å². The van der Waals surface area contributed by atoms with Crippen LogP contribution in [0.25, 0.3) is 0 Å². The number of piperidine rings is 1. The zero-order valence-corrected chi connectivity index (χ0v) is 14.8. The number of ether oxygens (including phenoxy) is 2.